The first-order chi connectivity index (χ1) is 12.6. The number of amides is 1. The normalized spacial score (nSPS) is 20.2. The third kappa shape index (κ3) is 4.95. The Labute approximate surface area is 154 Å². The molecule has 1 aromatic carbocycles. The number of benzene rings is 1. The average molecular weight is 364 g/mol. The monoisotopic (exact) mass is 364 g/mol. The minimum Gasteiger partial charge on any atom is -0.469 e. The van der Waals surface area contributed by atoms with Gasteiger partial charge in [-0.25, -0.2) is 14.8 Å². The fourth-order valence-corrected chi connectivity index (χ4v) is 2.96. The van der Waals surface area contributed by atoms with Crippen LogP contribution >= 0.6 is 0 Å². The molecule has 144 valence electrons. The molecule has 2 atom stereocenters. The largest absolute Gasteiger partial charge is 0.469 e. The molecule has 7 heteroatoms. The van der Waals surface area contributed by atoms with Gasteiger partial charge in [0.2, 0.25) is 0 Å². The number of unbranched alkanes of at least 4 members (excludes halogenated alkanes) is 1. The van der Waals surface area contributed by atoms with E-state index in [0.29, 0.717) is 19.7 Å². The lowest BCUT2D eigenvalue weighted by atomic mass is 10.1. The molecule has 0 N–H and O–H groups in total. The van der Waals surface area contributed by atoms with Crippen LogP contribution in [-0.2, 0) is 25.5 Å². The van der Waals surface area contributed by atoms with Crippen molar-refractivity contribution in [1.82, 2.24) is 10.0 Å². The summed E-state index contributed by atoms with van der Waals surface area (Å²) in [5.74, 6) is -0.971. The van der Waals surface area contributed by atoms with Crippen molar-refractivity contribution < 1.29 is 23.8 Å². The molecule has 1 aromatic rings. The van der Waals surface area contributed by atoms with Crippen molar-refractivity contribution in [3.63, 3.8) is 0 Å². The molecule has 0 aliphatic carbocycles. The van der Waals surface area contributed by atoms with E-state index in [0.717, 1.165) is 18.4 Å². The van der Waals surface area contributed by atoms with Gasteiger partial charge in [0.1, 0.15) is 5.92 Å². The van der Waals surface area contributed by atoms with E-state index < -0.39 is 24.2 Å². The van der Waals surface area contributed by atoms with E-state index in [1.54, 1.807) is 11.9 Å². The highest BCUT2D eigenvalue weighted by Crippen LogP contribution is 2.29. The molecule has 1 fully saturated rings. The second-order valence-corrected chi connectivity index (χ2v) is 6.12. The second-order valence-electron chi connectivity index (χ2n) is 6.12. The lowest BCUT2D eigenvalue weighted by Gasteiger charge is -2.31. The molecule has 2 rings (SSSR count). The van der Waals surface area contributed by atoms with Crippen LogP contribution in [0.2, 0.25) is 0 Å². The van der Waals surface area contributed by atoms with Crippen molar-refractivity contribution in [1.29, 1.82) is 0 Å². The number of ether oxygens (including phenoxy) is 3. The first-order valence-corrected chi connectivity index (χ1v) is 9.06. The third-order valence-corrected chi connectivity index (χ3v) is 4.25. The number of rotatable bonds is 8. The van der Waals surface area contributed by atoms with Crippen LogP contribution in [-0.4, -0.2) is 55.2 Å². The van der Waals surface area contributed by atoms with Gasteiger partial charge < -0.3 is 14.2 Å². The van der Waals surface area contributed by atoms with E-state index >= 15 is 0 Å². The number of hydrogen-bond donors (Lipinski definition) is 0. The van der Waals surface area contributed by atoms with Gasteiger partial charge in [0, 0.05) is 19.7 Å². The number of carbonyl (C=O) groups excluding carboxylic acids is 2. The molecule has 1 aliphatic heterocycles. The van der Waals surface area contributed by atoms with E-state index in [9.17, 15) is 9.59 Å². The number of esters is 1. The molecular weight excluding hydrogens is 336 g/mol. The molecule has 1 heterocycles. The summed E-state index contributed by atoms with van der Waals surface area (Å²) in [6.07, 6.45) is 0.566. The molecule has 1 amide bonds. The van der Waals surface area contributed by atoms with E-state index in [4.69, 9.17) is 14.2 Å². The smallest absolute Gasteiger partial charge is 0.426 e. The summed E-state index contributed by atoms with van der Waals surface area (Å²) in [5, 5.41) is 3.22. The Morgan fingerprint density at radius 2 is 1.92 bits per heavy atom. The van der Waals surface area contributed by atoms with Gasteiger partial charge >= 0.3 is 12.1 Å². The van der Waals surface area contributed by atoms with Crippen molar-refractivity contribution in [2.75, 3.05) is 26.9 Å². The van der Waals surface area contributed by atoms with Crippen LogP contribution in [0, 0.1) is 5.92 Å². The second kappa shape index (κ2) is 10.1. The summed E-state index contributed by atoms with van der Waals surface area (Å²) in [5.41, 5.74) is 1.03. The highest BCUT2D eigenvalue weighted by Gasteiger charge is 2.48. The SMILES string of the molecule is CCCCOC1C(C(=O)OC)CN(Cc2ccccc2)N1C(=O)OCC. The van der Waals surface area contributed by atoms with Gasteiger partial charge in [0.25, 0.3) is 0 Å². The fraction of sp³-hybridized carbons (Fsp3) is 0.579. The average Bonchev–Trinajstić information content (AvgIpc) is 3.00. The highest BCUT2D eigenvalue weighted by molar-refractivity contribution is 5.76. The van der Waals surface area contributed by atoms with Crippen LogP contribution < -0.4 is 0 Å². The molecule has 26 heavy (non-hydrogen) atoms. The maximum Gasteiger partial charge on any atom is 0.426 e. The lowest BCUT2D eigenvalue weighted by molar-refractivity contribution is -0.155. The van der Waals surface area contributed by atoms with Gasteiger partial charge in [0.05, 0.1) is 13.7 Å². The number of methoxy groups -OCH3 is 1. The molecule has 1 saturated heterocycles. The summed E-state index contributed by atoms with van der Waals surface area (Å²) in [6, 6.07) is 9.76. The van der Waals surface area contributed by atoms with Gasteiger partial charge in [-0.2, -0.15) is 0 Å². The third-order valence-electron chi connectivity index (χ3n) is 4.25. The number of carbonyl (C=O) groups is 2. The molecule has 7 nitrogen and oxygen atoms in total. The van der Waals surface area contributed by atoms with Gasteiger partial charge in [-0.05, 0) is 18.9 Å². The quantitative estimate of drug-likeness (QED) is 0.522. The maximum atomic E-state index is 12.6. The van der Waals surface area contributed by atoms with Gasteiger partial charge in [0.15, 0.2) is 6.23 Å². The summed E-state index contributed by atoms with van der Waals surface area (Å²) < 4.78 is 16.0. The first-order valence-electron chi connectivity index (χ1n) is 9.06. The van der Waals surface area contributed by atoms with Crippen LogP contribution in [0.15, 0.2) is 30.3 Å². The Bertz CT molecular complexity index is 581. The van der Waals surface area contributed by atoms with Crippen molar-refractivity contribution in [2.24, 2.45) is 5.92 Å². The Morgan fingerprint density at radius 1 is 1.19 bits per heavy atom. The summed E-state index contributed by atoms with van der Waals surface area (Å²) in [4.78, 5) is 24.8. The molecule has 1 aliphatic rings. The zero-order valence-electron chi connectivity index (χ0n) is 15.7. The molecule has 0 aromatic heterocycles. The summed E-state index contributed by atoms with van der Waals surface area (Å²) in [7, 11) is 1.35. The van der Waals surface area contributed by atoms with Crippen LogP contribution in [0.3, 0.4) is 0 Å². The molecule has 2 unspecified atom stereocenters. The summed E-state index contributed by atoms with van der Waals surface area (Å²) >= 11 is 0. The predicted octanol–water partition coefficient (Wildman–Crippen LogP) is 2.81. The molecule has 0 radical (unpaired) electrons. The van der Waals surface area contributed by atoms with E-state index in [2.05, 4.69) is 6.92 Å². The molecule has 0 spiro atoms. The van der Waals surface area contributed by atoms with Crippen LogP contribution in [0.5, 0.6) is 0 Å². The van der Waals surface area contributed by atoms with Crippen molar-refractivity contribution >= 4 is 12.1 Å². The molecule has 0 saturated carbocycles. The highest BCUT2D eigenvalue weighted by atomic mass is 16.6. The Balaban J connectivity index is 2.25. The van der Waals surface area contributed by atoms with E-state index in [1.165, 1.54) is 12.1 Å². The van der Waals surface area contributed by atoms with Gasteiger partial charge in [-0.15, -0.1) is 0 Å². The number of hydrogen-bond acceptors (Lipinski definition) is 6. The van der Waals surface area contributed by atoms with Crippen molar-refractivity contribution in [2.45, 2.75) is 39.5 Å². The van der Waals surface area contributed by atoms with Gasteiger partial charge in [-0.3, -0.25) is 4.79 Å². The topological polar surface area (TPSA) is 68.3 Å². The Morgan fingerprint density at radius 3 is 2.54 bits per heavy atom. The Kier molecular flexibility index (Phi) is 7.87. The zero-order chi connectivity index (χ0) is 18.9. The molecular formula is C19H28N2O5. The predicted molar refractivity (Wildman–Crippen MR) is 95.9 cm³/mol. The zero-order valence-corrected chi connectivity index (χ0v) is 15.7. The van der Waals surface area contributed by atoms with Crippen LogP contribution in [0.25, 0.3) is 0 Å². The first kappa shape index (κ1) is 20.2. The van der Waals surface area contributed by atoms with Crippen LogP contribution in [0.1, 0.15) is 32.3 Å². The lowest BCUT2D eigenvalue weighted by Crippen LogP contribution is -2.47. The van der Waals surface area contributed by atoms with E-state index in [1.807, 2.05) is 30.3 Å². The van der Waals surface area contributed by atoms with E-state index in [-0.39, 0.29) is 6.61 Å². The number of hydrazine groups is 1. The molecule has 0 bridgehead atoms. The Hall–Kier alpha value is -2.12. The summed E-state index contributed by atoms with van der Waals surface area (Å²) in [6.45, 7) is 5.32. The fourth-order valence-electron chi connectivity index (χ4n) is 2.96. The minimum atomic E-state index is -0.725. The minimum absolute atomic E-state index is 0.249. The van der Waals surface area contributed by atoms with Gasteiger partial charge in [-0.1, -0.05) is 43.7 Å². The van der Waals surface area contributed by atoms with Crippen molar-refractivity contribution in [3.8, 4) is 0 Å². The maximum absolute atomic E-state index is 12.6. The van der Waals surface area contributed by atoms with Crippen LogP contribution in [0.4, 0.5) is 4.79 Å². The number of nitrogens with zero attached hydrogens (tertiary/aromatic N) is 2. The van der Waals surface area contributed by atoms with Crippen molar-refractivity contribution in [3.05, 3.63) is 35.9 Å². The standard InChI is InChI=1S/C19H28N2O5/c1-4-6-12-26-17-16(18(22)24-3)14-20(21(17)19(23)25-5-2)13-15-10-8-7-9-11-15/h7-11,16-17H,4-6,12-14H2,1-3H3.